The molecule has 0 amide bonds. The molecule has 0 aliphatic heterocycles. The van der Waals surface area contributed by atoms with Crippen LogP contribution in [0.4, 0.5) is 0 Å². The van der Waals surface area contributed by atoms with Gasteiger partial charge in [-0.3, -0.25) is 9.87 Å². The van der Waals surface area contributed by atoms with Crippen molar-refractivity contribution in [2.24, 2.45) is 5.92 Å². The summed E-state index contributed by atoms with van der Waals surface area (Å²) in [6.45, 7) is 0.186. The smallest absolute Gasteiger partial charge is 0.292 e. The summed E-state index contributed by atoms with van der Waals surface area (Å²) >= 11 is 0. The minimum Gasteiger partial charge on any atom is -0.292 e. The maximum Gasteiger partial charge on any atom is 0.373 e. The SMILES string of the molecule is O=C(OOCc1cccnc1)c1ccc2c(c1)C1Cc3cc4c(cc3CC1CC2)CC=CC4. The van der Waals surface area contributed by atoms with Gasteiger partial charge < -0.3 is 0 Å². The lowest BCUT2D eigenvalue weighted by Crippen LogP contribution is -2.29. The molecule has 0 radical (unpaired) electrons. The molecule has 3 aliphatic carbocycles. The van der Waals surface area contributed by atoms with Gasteiger partial charge in [0.25, 0.3) is 0 Å². The molecular formula is C29H27NO3. The van der Waals surface area contributed by atoms with Gasteiger partial charge in [0.1, 0.15) is 6.61 Å². The molecule has 3 aliphatic rings. The second-order valence-electron chi connectivity index (χ2n) is 9.49. The van der Waals surface area contributed by atoms with Crippen molar-refractivity contribution in [2.45, 2.75) is 51.0 Å². The molecule has 0 fully saturated rings. The molecule has 4 heteroatoms. The van der Waals surface area contributed by atoms with Crippen LogP contribution in [-0.2, 0) is 48.5 Å². The number of hydrogen-bond acceptors (Lipinski definition) is 4. The van der Waals surface area contributed by atoms with Crippen LogP contribution in [0.15, 0.2) is 67.0 Å². The fourth-order valence-electron chi connectivity index (χ4n) is 5.79. The van der Waals surface area contributed by atoms with Crippen molar-refractivity contribution in [1.82, 2.24) is 4.98 Å². The van der Waals surface area contributed by atoms with Gasteiger partial charge in [-0.15, -0.1) is 0 Å². The van der Waals surface area contributed by atoms with E-state index in [1.165, 1.54) is 39.8 Å². The Morgan fingerprint density at radius 1 is 0.939 bits per heavy atom. The number of carbonyl (C=O) groups excluding carboxylic acids is 1. The Kier molecular flexibility index (Phi) is 5.31. The highest BCUT2D eigenvalue weighted by atomic mass is 17.2. The van der Waals surface area contributed by atoms with E-state index in [9.17, 15) is 4.79 Å². The number of pyridine rings is 1. The zero-order valence-corrected chi connectivity index (χ0v) is 18.6. The van der Waals surface area contributed by atoms with Crippen molar-refractivity contribution < 1.29 is 14.6 Å². The van der Waals surface area contributed by atoms with Crippen molar-refractivity contribution in [1.29, 1.82) is 0 Å². The van der Waals surface area contributed by atoms with Gasteiger partial charge in [0.15, 0.2) is 0 Å². The fourth-order valence-corrected chi connectivity index (χ4v) is 5.79. The first-order valence-electron chi connectivity index (χ1n) is 11.9. The Bertz CT molecular complexity index is 1230. The Labute approximate surface area is 194 Å². The van der Waals surface area contributed by atoms with Crippen LogP contribution >= 0.6 is 0 Å². The number of benzene rings is 2. The van der Waals surface area contributed by atoms with Crippen molar-refractivity contribution in [2.75, 3.05) is 0 Å². The minimum atomic E-state index is -0.444. The van der Waals surface area contributed by atoms with Gasteiger partial charge in [0, 0.05) is 18.0 Å². The number of fused-ring (bicyclic) bond motifs is 5. The Balaban J connectivity index is 1.21. The van der Waals surface area contributed by atoms with Crippen LogP contribution in [0, 0.1) is 5.92 Å². The summed E-state index contributed by atoms with van der Waals surface area (Å²) < 4.78 is 0. The molecule has 2 unspecified atom stereocenters. The molecule has 1 heterocycles. The molecule has 33 heavy (non-hydrogen) atoms. The topological polar surface area (TPSA) is 48.4 Å². The van der Waals surface area contributed by atoms with Crippen molar-refractivity contribution in [3.8, 4) is 0 Å². The summed E-state index contributed by atoms with van der Waals surface area (Å²) in [7, 11) is 0. The Morgan fingerprint density at radius 3 is 2.55 bits per heavy atom. The standard InChI is InChI=1S/C29H27NO3/c31-29(33-32-18-19-4-3-11-30-17-19)24-10-8-20-7-9-23-14-25-12-21-5-1-2-6-22(21)13-26(25)16-28(23)27(20)15-24/h1-4,8,10-13,15,17,23,28H,5-7,9,14,16,18H2. The van der Waals surface area contributed by atoms with E-state index in [0.717, 1.165) is 37.7 Å². The van der Waals surface area contributed by atoms with Gasteiger partial charge in [-0.05, 0) is 102 Å². The number of carbonyl (C=O) groups is 1. The largest absolute Gasteiger partial charge is 0.373 e. The molecule has 0 saturated carbocycles. The average molecular weight is 438 g/mol. The molecule has 1 aromatic heterocycles. The van der Waals surface area contributed by atoms with Crippen LogP contribution in [0.3, 0.4) is 0 Å². The first kappa shape index (κ1) is 20.4. The number of allylic oxidation sites excluding steroid dienone is 2. The van der Waals surface area contributed by atoms with E-state index in [0.29, 0.717) is 17.4 Å². The van der Waals surface area contributed by atoms with Gasteiger partial charge >= 0.3 is 5.97 Å². The predicted molar refractivity (Wildman–Crippen MR) is 126 cm³/mol. The van der Waals surface area contributed by atoms with Gasteiger partial charge in [0.2, 0.25) is 0 Å². The third-order valence-electron chi connectivity index (χ3n) is 7.50. The average Bonchev–Trinajstić information content (AvgIpc) is 2.86. The summed E-state index contributed by atoms with van der Waals surface area (Å²) in [5.41, 5.74) is 10.1. The number of rotatable bonds is 4. The van der Waals surface area contributed by atoms with E-state index in [1.807, 2.05) is 24.3 Å². The normalized spacial score (nSPS) is 20.2. The number of hydrogen-bond donors (Lipinski definition) is 0. The van der Waals surface area contributed by atoms with E-state index in [1.54, 1.807) is 12.4 Å². The highest BCUT2D eigenvalue weighted by Crippen LogP contribution is 2.45. The number of nitrogens with zero attached hydrogens (tertiary/aromatic N) is 1. The number of aryl methyl sites for hydroxylation is 1. The molecule has 0 spiro atoms. The molecule has 3 aromatic rings. The third-order valence-corrected chi connectivity index (χ3v) is 7.50. The van der Waals surface area contributed by atoms with E-state index in [4.69, 9.17) is 9.78 Å². The summed E-state index contributed by atoms with van der Waals surface area (Å²) in [6, 6.07) is 14.7. The van der Waals surface area contributed by atoms with Gasteiger partial charge in [0.05, 0.1) is 5.56 Å². The molecule has 0 bridgehead atoms. The molecule has 2 aromatic carbocycles. The molecule has 6 rings (SSSR count). The lowest BCUT2D eigenvalue weighted by atomic mass is 9.65. The molecule has 0 saturated heterocycles. The third kappa shape index (κ3) is 4.00. The van der Waals surface area contributed by atoms with Gasteiger partial charge in [-0.1, -0.05) is 36.4 Å². The maximum atomic E-state index is 12.7. The lowest BCUT2D eigenvalue weighted by molar-refractivity contribution is -0.250. The van der Waals surface area contributed by atoms with Crippen LogP contribution in [-0.4, -0.2) is 11.0 Å². The van der Waals surface area contributed by atoms with Crippen molar-refractivity contribution >= 4 is 5.97 Å². The fraction of sp³-hybridized carbons (Fsp3) is 0.310. The maximum absolute atomic E-state index is 12.7. The molecule has 4 nitrogen and oxygen atoms in total. The van der Waals surface area contributed by atoms with E-state index in [2.05, 4.69) is 35.3 Å². The monoisotopic (exact) mass is 437 g/mol. The quantitative estimate of drug-likeness (QED) is 0.309. The molecular weight excluding hydrogens is 410 g/mol. The zero-order valence-electron chi connectivity index (χ0n) is 18.6. The Morgan fingerprint density at radius 2 is 1.76 bits per heavy atom. The summed E-state index contributed by atoms with van der Waals surface area (Å²) in [4.78, 5) is 27.0. The highest BCUT2D eigenvalue weighted by molar-refractivity contribution is 5.89. The molecule has 2 atom stereocenters. The summed E-state index contributed by atoms with van der Waals surface area (Å²) in [5, 5.41) is 0. The lowest BCUT2D eigenvalue weighted by Gasteiger charge is -2.39. The summed E-state index contributed by atoms with van der Waals surface area (Å²) in [5.74, 6) is 0.652. The van der Waals surface area contributed by atoms with Crippen LogP contribution in [0.2, 0.25) is 0 Å². The van der Waals surface area contributed by atoms with Crippen LogP contribution in [0.5, 0.6) is 0 Å². The van der Waals surface area contributed by atoms with Gasteiger partial charge in [-0.25, -0.2) is 4.79 Å². The van der Waals surface area contributed by atoms with E-state index in [-0.39, 0.29) is 6.61 Å². The second kappa shape index (κ2) is 8.60. The number of aromatic nitrogens is 1. The van der Waals surface area contributed by atoms with E-state index >= 15 is 0 Å². The molecule has 0 N–H and O–H groups in total. The van der Waals surface area contributed by atoms with Crippen LogP contribution in [0.25, 0.3) is 0 Å². The van der Waals surface area contributed by atoms with Gasteiger partial charge in [-0.2, -0.15) is 4.89 Å². The van der Waals surface area contributed by atoms with E-state index < -0.39 is 5.97 Å². The predicted octanol–water partition coefficient (Wildman–Crippen LogP) is 5.47. The minimum absolute atomic E-state index is 0.186. The first-order chi connectivity index (χ1) is 16.2. The van der Waals surface area contributed by atoms with Crippen molar-refractivity contribution in [3.05, 3.63) is 112 Å². The Hall–Kier alpha value is -3.24. The van der Waals surface area contributed by atoms with Crippen molar-refractivity contribution in [3.63, 3.8) is 0 Å². The van der Waals surface area contributed by atoms with Crippen LogP contribution < -0.4 is 0 Å². The summed E-state index contributed by atoms with van der Waals surface area (Å²) in [6.07, 6.45) is 14.6. The highest BCUT2D eigenvalue weighted by Gasteiger charge is 2.35. The van der Waals surface area contributed by atoms with Crippen LogP contribution in [0.1, 0.15) is 61.6 Å². The molecule has 166 valence electrons. The first-order valence-corrected chi connectivity index (χ1v) is 11.9. The second-order valence-corrected chi connectivity index (χ2v) is 9.49. The zero-order chi connectivity index (χ0) is 22.2.